The topological polar surface area (TPSA) is 63.6 Å². The number of fused-ring (bicyclic) bond motifs is 1. The Morgan fingerprint density at radius 3 is 2.90 bits per heavy atom. The van der Waals surface area contributed by atoms with Crippen LogP contribution in [0.4, 0.5) is 0 Å². The van der Waals surface area contributed by atoms with E-state index in [2.05, 4.69) is 0 Å². The maximum Gasteiger partial charge on any atom is 0.178 e. The number of ether oxygens (including phenoxy) is 1. The van der Waals surface area contributed by atoms with Crippen molar-refractivity contribution >= 4 is 9.84 Å². The number of benzene rings is 1. The summed E-state index contributed by atoms with van der Waals surface area (Å²) in [4.78, 5) is 0.293. The van der Waals surface area contributed by atoms with Crippen LogP contribution in [0.2, 0.25) is 0 Å². The molecule has 1 N–H and O–H groups in total. The summed E-state index contributed by atoms with van der Waals surface area (Å²) in [7, 11) is -3.24. The minimum absolute atomic E-state index is 0.0199. The van der Waals surface area contributed by atoms with Gasteiger partial charge >= 0.3 is 0 Å². The summed E-state index contributed by atoms with van der Waals surface area (Å²) in [6.45, 7) is 0.800. The molecule has 1 saturated heterocycles. The van der Waals surface area contributed by atoms with E-state index < -0.39 is 15.4 Å². The van der Waals surface area contributed by atoms with Crippen molar-refractivity contribution in [3.8, 4) is 0 Å². The first-order valence-corrected chi connectivity index (χ1v) is 8.83. The second-order valence-corrected chi connectivity index (χ2v) is 7.85. The van der Waals surface area contributed by atoms with E-state index in [9.17, 15) is 13.5 Å². The number of sulfone groups is 1. The molecular weight excluding hydrogens is 276 g/mol. The number of hydrogen-bond acceptors (Lipinski definition) is 4. The van der Waals surface area contributed by atoms with Crippen molar-refractivity contribution in [2.45, 2.75) is 48.7 Å². The van der Waals surface area contributed by atoms with Crippen molar-refractivity contribution in [2.75, 3.05) is 12.4 Å². The van der Waals surface area contributed by atoms with Crippen LogP contribution >= 0.6 is 0 Å². The number of hydrogen-bond donors (Lipinski definition) is 1. The number of aliphatic hydroxyl groups is 1. The van der Waals surface area contributed by atoms with E-state index in [4.69, 9.17) is 4.74 Å². The fraction of sp³-hybridized carbons (Fsp3) is 0.600. The van der Waals surface area contributed by atoms with E-state index >= 15 is 0 Å². The first-order valence-electron chi connectivity index (χ1n) is 7.18. The van der Waals surface area contributed by atoms with Crippen molar-refractivity contribution < 1.29 is 18.3 Å². The lowest BCUT2D eigenvalue weighted by Crippen LogP contribution is -2.36. The van der Waals surface area contributed by atoms with E-state index in [-0.39, 0.29) is 18.3 Å². The fourth-order valence-corrected chi connectivity index (χ4v) is 4.91. The molecule has 0 aromatic heterocycles. The first kappa shape index (κ1) is 14.0. The van der Waals surface area contributed by atoms with Gasteiger partial charge in [0.15, 0.2) is 9.84 Å². The molecule has 4 nitrogen and oxygen atoms in total. The molecule has 5 heteroatoms. The van der Waals surface area contributed by atoms with Crippen LogP contribution in [0.3, 0.4) is 0 Å². The zero-order chi connectivity index (χ0) is 14.2. The van der Waals surface area contributed by atoms with Crippen LogP contribution in [0.15, 0.2) is 29.2 Å². The van der Waals surface area contributed by atoms with Gasteiger partial charge in [-0.05, 0) is 38.2 Å². The normalized spacial score (nSPS) is 31.9. The molecule has 2 aliphatic heterocycles. The molecule has 2 aliphatic rings. The van der Waals surface area contributed by atoms with Gasteiger partial charge in [-0.25, -0.2) is 8.42 Å². The molecule has 0 radical (unpaired) electrons. The Labute approximate surface area is 119 Å². The fourth-order valence-electron chi connectivity index (χ4n) is 3.20. The zero-order valence-corrected chi connectivity index (χ0v) is 12.2. The van der Waals surface area contributed by atoms with Gasteiger partial charge in [0.2, 0.25) is 0 Å². The molecule has 0 saturated carbocycles. The summed E-state index contributed by atoms with van der Waals surface area (Å²) in [6.07, 6.45) is 3.95. The van der Waals surface area contributed by atoms with Gasteiger partial charge in [0.25, 0.3) is 0 Å². The van der Waals surface area contributed by atoms with Gasteiger partial charge in [0.1, 0.15) is 0 Å². The van der Waals surface area contributed by atoms with Gasteiger partial charge in [-0.3, -0.25) is 0 Å². The van der Waals surface area contributed by atoms with E-state index in [1.807, 2.05) is 0 Å². The van der Waals surface area contributed by atoms with E-state index in [1.165, 1.54) is 0 Å². The Morgan fingerprint density at radius 2 is 2.15 bits per heavy atom. The van der Waals surface area contributed by atoms with Crippen molar-refractivity contribution in [3.63, 3.8) is 0 Å². The summed E-state index contributed by atoms with van der Waals surface area (Å²) < 4.78 is 29.8. The maximum atomic E-state index is 12.1. The molecule has 110 valence electrons. The van der Waals surface area contributed by atoms with Gasteiger partial charge in [0, 0.05) is 12.2 Å². The highest BCUT2D eigenvalue weighted by molar-refractivity contribution is 7.91. The Balaban J connectivity index is 1.86. The van der Waals surface area contributed by atoms with Crippen LogP contribution < -0.4 is 0 Å². The molecule has 1 fully saturated rings. The van der Waals surface area contributed by atoms with E-state index in [1.54, 1.807) is 24.3 Å². The summed E-state index contributed by atoms with van der Waals surface area (Å²) >= 11 is 0. The second kappa shape index (κ2) is 5.13. The molecule has 2 atom stereocenters. The van der Waals surface area contributed by atoms with Crippen LogP contribution in [-0.2, 0) is 20.2 Å². The van der Waals surface area contributed by atoms with Crippen molar-refractivity contribution in [3.05, 3.63) is 29.8 Å². The summed E-state index contributed by atoms with van der Waals surface area (Å²) in [5.41, 5.74) is -0.474. The lowest BCUT2D eigenvalue weighted by molar-refractivity contribution is -0.000152. The summed E-state index contributed by atoms with van der Waals surface area (Å²) in [5.74, 6) is 0.0199. The molecule has 2 heterocycles. The van der Waals surface area contributed by atoms with Crippen LogP contribution in [0, 0.1) is 0 Å². The zero-order valence-electron chi connectivity index (χ0n) is 11.4. The van der Waals surface area contributed by atoms with Crippen molar-refractivity contribution in [1.82, 2.24) is 0 Å². The summed E-state index contributed by atoms with van der Waals surface area (Å²) in [6, 6.07) is 6.83. The van der Waals surface area contributed by atoms with Crippen molar-refractivity contribution in [2.24, 2.45) is 0 Å². The van der Waals surface area contributed by atoms with Gasteiger partial charge in [-0.1, -0.05) is 18.2 Å². The second-order valence-electron chi connectivity index (χ2n) is 5.77. The monoisotopic (exact) mass is 296 g/mol. The van der Waals surface area contributed by atoms with Crippen LogP contribution in [-0.4, -0.2) is 32.0 Å². The Morgan fingerprint density at radius 1 is 1.35 bits per heavy atom. The molecule has 3 rings (SSSR count). The summed E-state index contributed by atoms with van der Waals surface area (Å²) in [5, 5.41) is 10.9. The highest BCUT2D eigenvalue weighted by atomic mass is 32.2. The van der Waals surface area contributed by atoms with Crippen LogP contribution in [0.5, 0.6) is 0 Å². The third kappa shape index (κ3) is 2.50. The predicted octanol–water partition coefficient (Wildman–Crippen LogP) is 2.01. The molecule has 1 aromatic carbocycles. The highest BCUT2D eigenvalue weighted by Gasteiger charge is 2.40. The highest BCUT2D eigenvalue weighted by Crippen LogP contribution is 2.40. The first-order chi connectivity index (χ1) is 9.51. The molecule has 0 spiro atoms. The van der Waals surface area contributed by atoms with Gasteiger partial charge in [-0.2, -0.15) is 0 Å². The Hall–Kier alpha value is -0.910. The number of rotatable bonds is 3. The Kier molecular flexibility index (Phi) is 3.60. The minimum atomic E-state index is -3.24. The smallest absolute Gasteiger partial charge is 0.178 e. The minimum Gasteiger partial charge on any atom is -0.385 e. The van der Waals surface area contributed by atoms with Crippen LogP contribution in [0.1, 0.15) is 37.7 Å². The standard InChI is InChI=1S/C15H20O4S/c16-15(8-7-12-4-3-10-19-12)9-11-20(17,18)14-6-2-1-5-13(14)15/h1-2,5-6,12,16H,3-4,7-11H2. The lowest BCUT2D eigenvalue weighted by Gasteiger charge is -2.34. The molecule has 0 amide bonds. The SMILES string of the molecule is O=S1(=O)CCC(O)(CCC2CCCO2)c2ccccc21. The molecule has 0 bridgehead atoms. The quantitative estimate of drug-likeness (QED) is 0.927. The molecule has 20 heavy (non-hydrogen) atoms. The van der Waals surface area contributed by atoms with Crippen LogP contribution in [0.25, 0.3) is 0 Å². The van der Waals surface area contributed by atoms with E-state index in [0.29, 0.717) is 16.9 Å². The maximum absolute atomic E-state index is 12.1. The average molecular weight is 296 g/mol. The third-order valence-corrected chi connectivity index (χ3v) is 6.18. The average Bonchev–Trinajstić information content (AvgIpc) is 2.96. The van der Waals surface area contributed by atoms with Gasteiger partial charge < -0.3 is 9.84 Å². The van der Waals surface area contributed by atoms with Gasteiger partial charge in [0.05, 0.1) is 22.4 Å². The molecule has 2 unspecified atom stereocenters. The molecule has 1 aromatic rings. The predicted molar refractivity (Wildman–Crippen MR) is 75.2 cm³/mol. The third-order valence-electron chi connectivity index (χ3n) is 4.41. The van der Waals surface area contributed by atoms with Crippen molar-refractivity contribution in [1.29, 1.82) is 0 Å². The molecular formula is C15H20O4S. The molecule has 0 aliphatic carbocycles. The van der Waals surface area contributed by atoms with E-state index in [0.717, 1.165) is 25.9 Å². The largest absolute Gasteiger partial charge is 0.385 e. The lowest BCUT2D eigenvalue weighted by atomic mass is 9.85. The van der Waals surface area contributed by atoms with Gasteiger partial charge in [-0.15, -0.1) is 0 Å². The Bertz CT molecular complexity index is 590.